The summed E-state index contributed by atoms with van der Waals surface area (Å²) in [4.78, 5) is 21.6. The molecular weight excluding hydrogens is 276 g/mol. The van der Waals surface area contributed by atoms with E-state index < -0.39 is 16.4 Å². The van der Waals surface area contributed by atoms with E-state index in [1.165, 1.54) is 12.1 Å². The van der Waals surface area contributed by atoms with E-state index in [2.05, 4.69) is 5.32 Å². The Morgan fingerprint density at radius 1 is 1.48 bits per heavy atom. The van der Waals surface area contributed by atoms with E-state index >= 15 is 0 Å². The summed E-state index contributed by atoms with van der Waals surface area (Å²) >= 11 is 0. The van der Waals surface area contributed by atoms with Gasteiger partial charge in [0, 0.05) is 12.5 Å². The fourth-order valence-electron chi connectivity index (χ4n) is 1.77. The third kappa shape index (κ3) is 4.71. The number of hydrogen-bond acceptors (Lipinski definition) is 5. The molecule has 0 saturated heterocycles. The van der Waals surface area contributed by atoms with Crippen molar-refractivity contribution in [3.63, 3.8) is 0 Å². The zero-order valence-electron chi connectivity index (χ0n) is 12.2. The highest BCUT2D eigenvalue weighted by atomic mass is 16.6. The first-order valence-corrected chi connectivity index (χ1v) is 6.75. The summed E-state index contributed by atoms with van der Waals surface area (Å²) in [6.07, 6.45) is 1.02. The Kier molecular flexibility index (Phi) is 6.10. The molecule has 1 rings (SSSR count). The summed E-state index contributed by atoms with van der Waals surface area (Å²) in [6.45, 7) is 4.17. The molecule has 7 heteroatoms. The van der Waals surface area contributed by atoms with E-state index in [4.69, 9.17) is 4.74 Å². The number of aliphatic carboxylic acids is 1. The largest absolute Gasteiger partial charge is 0.487 e. The van der Waals surface area contributed by atoms with Gasteiger partial charge in [0.05, 0.1) is 11.5 Å². The lowest BCUT2D eigenvalue weighted by Crippen LogP contribution is -2.50. The maximum Gasteiger partial charge on any atom is 0.323 e. The van der Waals surface area contributed by atoms with Crippen LogP contribution in [0.25, 0.3) is 0 Å². The van der Waals surface area contributed by atoms with E-state index in [9.17, 15) is 20.0 Å². The smallest absolute Gasteiger partial charge is 0.323 e. The van der Waals surface area contributed by atoms with Crippen LogP contribution in [0.3, 0.4) is 0 Å². The second-order valence-corrected chi connectivity index (χ2v) is 4.89. The number of carboxylic acid groups (broad SMARTS) is 1. The zero-order chi connectivity index (χ0) is 15.9. The normalized spacial score (nSPS) is 13.4. The van der Waals surface area contributed by atoms with Gasteiger partial charge in [-0.2, -0.15) is 0 Å². The Hall–Kier alpha value is -2.15. The number of ether oxygens (including phenoxy) is 1. The Morgan fingerprint density at radius 3 is 2.71 bits per heavy atom. The fourth-order valence-corrected chi connectivity index (χ4v) is 1.77. The van der Waals surface area contributed by atoms with Crippen LogP contribution in [-0.2, 0) is 4.79 Å². The van der Waals surface area contributed by atoms with Gasteiger partial charge in [0.25, 0.3) is 0 Å². The fraction of sp³-hybridized carbons (Fsp3) is 0.500. The number of carbonyl (C=O) groups is 1. The van der Waals surface area contributed by atoms with Crippen molar-refractivity contribution in [1.82, 2.24) is 5.32 Å². The number of nitrogens with zero attached hydrogens (tertiary/aromatic N) is 1. The predicted molar refractivity (Wildman–Crippen MR) is 77.5 cm³/mol. The van der Waals surface area contributed by atoms with Crippen LogP contribution in [0.5, 0.6) is 5.75 Å². The average Bonchev–Trinajstić information content (AvgIpc) is 2.45. The molecule has 0 amide bonds. The number of rotatable bonds is 9. The second-order valence-electron chi connectivity index (χ2n) is 4.89. The maximum atomic E-state index is 11.3. The van der Waals surface area contributed by atoms with Gasteiger partial charge in [-0.05, 0) is 26.0 Å². The number of nitrogens with one attached hydrogen (secondary N) is 1. The molecule has 0 aliphatic rings. The van der Waals surface area contributed by atoms with Gasteiger partial charge in [-0.15, -0.1) is 0 Å². The monoisotopic (exact) mass is 296 g/mol. The van der Waals surface area contributed by atoms with Crippen molar-refractivity contribution in [1.29, 1.82) is 0 Å². The van der Waals surface area contributed by atoms with Gasteiger partial charge in [-0.3, -0.25) is 14.9 Å². The highest BCUT2D eigenvalue weighted by Gasteiger charge is 2.32. The lowest BCUT2D eigenvalue weighted by atomic mass is 9.98. The summed E-state index contributed by atoms with van der Waals surface area (Å²) in [5.41, 5.74) is -1.24. The molecule has 0 aromatic heterocycles. The van der Waals surface area contributed by atoms with Crippen LogP contribution in [-0.4, -0.2) is 34.7 Å². The highest BCUT2D eigenvalue weighted by molar-refractivity contribution is 5.78. The van der Waals surface area contributed by atoms with Gasteiger partial charge >= 0.3 is 11.7 Å². The minimum atomic E-state index is -1.11. The van der Waals surface area contributed by atoms with E-state index in [0.717, 1.165) is 6.42 Å². The molecule has 0 heterocycles. The van der Waals surface area contributed by atoms with Crippen LogP contribution in [0.1, 0.15) is 26.7 Å². The van der Waals surface area contributed by atoms with Crippen LogP contribution >= 0.6 is 0 Å². The first-order chi connectivity index (χ1) is 9.90. The molecule has 0 bridgehead atoms. The molecule has 2 N–H and O–H groups in total. The van der Waals surface area contributed by atoms with Gasteiger partial charge in [0.15, 0.2) is 5.75 Å². The molecule has 1 atom stereocenters. The van der Waals surface area contributed by atoms with Crippen molar-refractivity contribution in [3.05, 3.63) is 34.4 Å². The number of carboxylic acids is 1. The summed E-state index contributed by atoms with van der Waals surface area (Å²) in [6, 6.07) is 6.03. The van der Waals surface area contributed by atoms with Crippen LogP contribution in [0.15, 0.2) is 24.3 Å². The Labute approximate surface area is 123 Å². The summed E-state index contributed by atoms with van der Waals surface area (Å²) in [5.74, 6) is -0.826. The topological polar surface area (TPSA) is 102 Å². The predicted octanol–water partition coefficient (Wildman–Crippen LogP) is 2.21. The molecule has 0 aliphatic heterocycles. The van der Waals surface area contributed by atoms with Crippen LogP contribution in [0, 0.1) is 10.1 Å². The van der Waals surface area contributed by atoms with Gasteiger partial charge in [-0.25, -0.2) is 0 Å². The third-order valence-electron chi connectivity index (χ3n) is 3.16. The SMILES string of the molecule is CCCNC(C)(CCOc1ccccc1[N+](=O)[O-])C(=O)O. The standard InChI is InChI=1S/C14H20N2O5/c1-3-9-15-14(2,13(17)18)8-10-21-12-7-5-4-6-11(12)16(19)20/h4-7,15H,3,8-10H2,1-2H3,(H,17,18). The van der Waals surface area contributed by atoms with Crippen molar-refractivity contribution < 1.29 is 19.6 Å². The van der Waals surface area contributed by atoms with E-state index in [1.54, 1.807) is 19.1 Å². The second kappa shape index (κ2) is 7.58. The van der Waals surface area contributed by atoms with Crippen LogP contribution in [0.4, 0.5) is 5.69 Å². The van der Waals surface area contributed by atoms with Gasteiger partial charge < -0.3 is 15.2 Å². The maximum absolute atomic E-state index is 11.3. The zero-order valence-corrected chi connectivity index (χ0v) is 12.2. The number of hydrogen-bond donors (Lipinski definition) is 2. The van der Waals surface area contributed by atoms with E-state index in [0.29, 0.717) is 6.54 Å². The number of nitro groups is 1. The molecule has 21 heavy (non-hydrogen) atoms. The van der Waals surface area contributed by atoms with Crippen molar-refractivity contribution in [2.75, 3.05) is 13.2 Å². The molecule has 7 nitrogen and oxygen atoms in total. The first-order valence-electron chi connectivity index (χ1n) is 6.75. The van der Waals surface area contributed by atoms with Crippen molar-refractivity contribution in [3.8, 4) is 5.75 Å². The third-order valence-corrected chi connectivity index (χ3v) is 3.16. The Balaban J connectivity index is 2.67. The number of benzene rings is 1. The molecule has 0 saturated carbocycles. The average molecular weight is 296 g/mol. The molecule has 1 aromatic rings. The van der Waals surface area contributed by atoms with E-state index in [1.807, 2.05) is 6.92 Å². The van der Waals surface area contributed by atoms with Crippen molar-refractivity contribution in [2.24, 2.45) is 0 Å². The molecule has 116 valence electrons. The molecule has 0 radical (unpaired) electrons. The summed E-state index contributed by atoms with van der Waals surface area (Å²) in [5, 5.41) is 23.1. The minimum Gasteiger partial charge on any atom is -0.487 e. The Bertz CT molecular complexity index is 506. The number of para-hydroxylation sites is 2. The quantitative estimate of drug-likeness (QED) is 0.535. The summed E-state index contributed by atoms with van der Waals surface area (Å²) < 4.78 is 5.38. The molecule has 0 fully saturated rings. The summed E-state index contributed by atoms with van der Waals surface area (Å²) in [7, 11) is 0. The molecule has 1 unspecified atom stereocenters. The lowest BCUT2D eigenvalue weighted by Gasteiger charge is -2.26. The van der Waals surface area contributed by atoms with Gasteiger partial charge in [-0.1, -0.05) is 19.1 Å². The van der Waals surface area contributed by atoms with Crippen LogP contribution < -0.4 is 10.1 Å². The van der Waals surface area contributed by atoms with Crippen LogP contribution in [0.2, 0.25) is 0 Å². The molecule has 0 aliphatic carbocycles. The molecular formula is C14H20N2O5. The molecule has 1 aromatic carbocycles. The Morgan fingerprint density at radius 2 is 2.14 bits per heavy atom. The van der Waals surface area contributed by atoms with Crippen molar-refractivity contribution in [2.45, 2.75) is 32.2 Å². The minimum absolute atomic E-state index is 0.0738. The van der Waals surface area contributed by atoms with Gasteiger partial charge in [0.2, 0.25) is 0 Å². The van der Waals surface area contributed by atoms with Gasteiger partial charge in [0.1, 0.15) is 5.54 Å². The first kappa shape index (κ1) is 16.9. The number of nitro benzene ring substituents is 1. The van der Waals surface area contributed by atoms with E-state index in [-0.39, 0.29) is 24.5 Å². The lowest BCUT2D eigenvalue weighted by molar-refractivity contribution is -0.385. The highest BCUT2D eigenvalue weighted by Crippen LogP contribution is 2.26. The molecule has 0 spiro atoms. The van der Waals surface area contributed by atoms with Crippen molar-refractivity contribution >= 4 is 11.7 Å².